The lowest BCUT2D eigenvalue weighted by Crippen LogP contribution is -2.19. The minimum atomic E-state index is -4.89. The molecular formula is C9H7BrF3NO3. The molecule has 0 bridgehead atoms. The molecule has 1 aromatic rings. The fraction of sp³-hybridized carbons (Fsp3) is 0.333. The van der Waals surface area contributed by atoms with Crippen LogP contribution >= 0.6 is 15.9 Å². The Bertz CT molecular complexity index is 422. The molecule has 0 N–H and O–H groups in total. The fourth-order valence-corrected chi connectivity index (χ4v) is 1.32. The second-order valence-corrected chi connectivity index (χ2v) is 3.58. The standard InChI is InChI=1S/C9H7BrF3NO3/c1-2-16-8(15)5-3-7(10)14-4-6(5)17-9(11,12)13/h3-4H,2H2,1H3. The molecule has 4 nitrogen and oxygen atoms in total. The van der Waals surface area contributed by atoms with Crippen LogP contribution in [0, 0.1) is 0 Å². The molecule has 1 rings (SSSR count). The second-order valence-electron chi connectivity index (χ2n) is 2.77. The van der Waals surface area contributed by atoms with Crippen molar-refractivity contribution in [3.63, 3.8) is 0 Å². The number of rotatable bonds is 3. The molecule has 0 amide bonds. The first kappa shape index (κ1) is 13.8. The summed E-state index contributed by atoms with van der Waals surface area (Å²) in [6, 6.07) is 1.10. The molecule has 0 aliphatic rings. The van der Waals surface area contributed by atoms with Crippen LogP contribution in [-0.2, 0) is 4.74 Å². The molecule has 0 aromatic carbocycles. The van der Waals surface area contributed by atoms with Gasteiger partial charge in [-0.1, -0.05) is 0 Å². The third-order valence-electron chi connectivity index (χ3n) is 1.56. The highest BCUT2D eigenvalue weighted by molar-refractivity contribution is 9.10. The van der Waals surface area contributed by atoms with Crippen molar-refractivity contribution in [2.75, 3.05) is 6.61 Å². The van der Waals surface area contributed by atoms with E-state index in [-0.39, 0.29) is 16.8 Å². The van der Waals surface area contributed by atoms with Gasteiger partial charge in [0.25, 0.3) is 0 Å². The Labute approximate surface area is 103 Å². The van der Waals surface area contributed by atoms with E-state index in [1.54, 1.807) is 6.92 Å². The van der Waals surface area contributed by atoms with Gasteiger partial charge in [0, 0.05) is 0 Å². The predicted octanol–water partition coefficient (Wildman–Crippen LogP) is 2.92. The number of pyridine rings is 1. The molecular weight excluding hydrogens is 307 g/mol. The number of hydrogen-bond acceptors (Lipinski definition) is 4. The van der Waals surface area contributed by atoms with E-state index in [1.165, 1.54) is 0 Å². The minimum Gasteiger partial charge on any atom is -0.462 e. The summed E-state index contributed by atoms with van der Waals surface area (Å²) >= 11 is 2.94. The van der Waals surface area contributed by atoms with Gasteiger partial charge in [-0.25, -0.2) is 9.78 Å². The van der Waals surface area contributed by atoms with Gasteiger partial charge < -0.3 is 9.47 Å². The SMILES string of the molecule is CCOC(=O)c1cc(Br)ncc1OC(F)(F)F. The maximum atomic E-state index is 12.1. The Morgan fingerprint density at radius 3 is 2.71 bits per heavy atom. The number of carbonyl (C=O) groups is 1. The molecule has 0 spiro atoms. The lowest BCUT2D eigenvalue weighted by Gasteiger charge is -2.12. The highest BCUT2D eigenvalue weighted by Gasteiger charge is 2.33. The van der Waals surface area contributed by atoms with Crippen molar-refractivity contribution in [1.82, 2.24) is 4.98 Å². The number of aromatic nitrogens is 1. The highest BCUT2D eigenvalue weighted by atomic mass is 79.9. The summed E-state index contributed by atoms with van der Waals surface area (Å²) in [4.78, 5) is 14.9. The number of alkyl halides is 3. The van der Waals surface area contributed by atoms with E-state index in [2.05, 4.69) is 30.4 Å². The first-order chi connectivity index (χ1) is 7.83. The zero-order chi connectivity index (χ0) is 13.1. The van der Waals surface area contributed by atoms with Gasteiger partial charge in [-0.15, -0.1) is 13.2 Å². The van der Waals surface area contributed by atoms with Crippen LogP contribution in [0.2, 0.25) is 0 Å². The van der Waals surface area contributed by atoms with Crippen molar-refractivity contribution in [1.29, 1.82) is 0 Å². The van der Waals surface area contributed by atoms with Gasteiger partial charge in [0.15, 0.2) is 5.75 Å². The molecule has 1 heterocycles. The summed E-state index contributed by atoms with van der Waals surface area (Å²) < 4.78 is 44.7. The maximum absolute atomic E-state index is 12.1. The van der Waals surface area contributed by atoms with Crippen molar-refractivity contribution in [3.8, 4) is 5.75 Å². The number of ether oxygens (including phenoxy) is 2. The third kappa shape index (κ3) is 4.22. The molecule has 0 radical (unpaired) electrons. The van der Waals surface area contributed by atoms with Crippen molar-refractivity contribution in [2.45, 2.75) is 13.3 Å². The lowest BCUT2D eigenvalue weighted by molar-refractivity contribution is -0.274. The quantitative estimate of drug-likeness (QED) is 0.636. The van der Waals surface area contributed by atoms with Gasteiger partial charge in [0.05, 0.1) is 12.8 Å². The Morgan fingerprint density at radius 2 is 2.18 bits per heavy atom. The molecule has 0 unspecified atom stereocenters. The third-order valence-corrected chi connectivity index (χ3v) is 1.99. The number of esters is 1. The molecule has 0 saturated heterocycles. The first-order valence-corrected chi connectivity index (χ1v) is 5.21. The van der Waals surface area contributed by atoms with E-state index in [0.717, 1.165) is 12.3 Å². The van der Waals surface area contributed by atoms with Crippen LogP contribution in [0.5, 0.6) is 5.75 Å². The van der Waals surface area contributed by atoms with Crippen LogP contribution in [0.4, 0.5) is 13.2 Å². The summed E-state index contributed by atoms with van der Waals surface area (Å²) in [6.45, 7) is 1.59. The fourth-order valence-electron chi connectivity index (χ4n) is 0.992. The molecule has 0 saturated carbocycles. The number of carbonyl (C=O) groups excluding carboxylic acids is 1. The Kier molecular flexibility index (Phi) is 4.33. The van der Waals surface area contributed by atoms with Crippen LogP contribution in [0.1, 0.15) is 17.3 Å². The van der Waals surface area contributed by atoms with E-state index in [4.69, 9.17) is 0 Å². The van der Waals surface area contributed by atoms with Gasteiger partial charge >= 0.3 is 12.3 Å². The molecule has 8 heteroatoms. The van der Waals surface area contributed by atoms with Gasteiger partial charge in [-0.3, -0.25) is 0 Å². The molecule has 0 aliphatic heterocycles. The Hall–Kier alpha value is -1.31. The Morgan fingerprint density at radius 1 is 1.53 bits per heavy atom. The molecule has 94 valence electrons. The minimum absolute atomic E-state index is 0.0459. The normalized spacial score (nSPS) is 11.1. The summed E-state index contributed by atoms with van der Waals surface area (Å²) in [7, 11) is 0. The number of nitrogens with zero attached hydrogens (tertiary/aromatic N) is 1. The summed E-state index contributed by atoms with van der Waals surface area (Å²) in [5, 5.41) is 0. The molecule has 0 aliphatic carbocycles. The summed E-state index contributed by atoms with van der Waals surface area (Å²) in [6.07, 6.45) is -4.10. The van der Waals surface area contributed by atoms with E-state index in [0.29, 0.717) is 0 Å². The van der Waals surface area contributed by atoms with Crippen LogP contribution in [0.3, 0.4) is 0 Å². The highest BCUT2D eigenvalue weighted by Crippen LogP contribution is 2.27. The lowest BCUT2D eigenvalue weighted by atomic mass is 10.2. The Balaban J connectivity index is 3.08. The molecule has 1 aromatic heterocycles. The van der Waals surface area contributed by atoms with Crippen LogP contribution < -0.4 is 4.74 Å². The van der Waals surface area contributed by atoms with Crippen LogP contribution in [-0.4, -0.2) is 23.9 Å². The van der Waals surface area contributed by atoms with Gasteiger partial charge in [-0.05, 0) is 28.9 Å². The largest absolute Gasteiger partial charge is 0.573 e. The molecule has 0 atom stereocenters. The van der Waals surface area contributed by atoms with Crippen molar-refractivity contribution < 1.29 is 27.4 Å². The first-order valence-electron chi connectivity index (χ1n) is 4.42. The predicted molar refractivity (Wildman–Crippen MR) is 54.6 cm³/mol. The topological polar surface area (TPSA) is 48.4 Å². The van der Waals surface area contributed by atoms with Gasteiger partial charge in [-0.2, -0.15) is 0 Å². The monoisotopic (exact) mass is 313 g/mol. The number of halogens is 4. The zero-order valence-corrected chi connectivity index (χ0v) is 10.1. The van der Waals surface area contributed by atoms with Crippen molar-refractivity contribution in [3.05, 3.63) is 22.4 Å². The van der Waals surface area contributed by atoms with E-state index in [1.807, 2.05) is 0 Å². The van der Waals surface area contributed by atoms with Crippen molar-refractivity contribution >= 4 is 21.9 Å². The average Bonchev–Trinajstić information content (AvgIpc) is 2.19. The summed E-state index contributed by atoms with van der Waals surface area (Å²) in [5.74, 6) is -1.60. The summed E-state index contributed by atoms with van der Waals surface area (Å²) in [5.41, 5.74) is -0.342. The smallest absolute Gasteiger partial charge is 0.462 e. The average molecular weight is 314 g/mol. The van der Waals surface area contributed by atoms with Gasteiger partial charge in [0.1, 0.15) is 10.2 Å². The molecule has 17 heavy (non-hydrogen) atoms. The van der Waals surface area contributed by atoms with E-state index < -0.39 is 18.1 Å². The van der Waals surface area contributed by atoms with Crippen LogP contribution in [0.15, 0.2) is 16.9 Å². The van der Waals surface area contributed by atoms with Gasteiger partial charge in [0.2, 0.25) is 0 Å². The number of hydrogen-bond donors (Lipinski definition) is 0. The van der Waals surface area contributed by atoms with Crippen molar-refractivity contribution in [2.24, 2.45) is 0 Å². The molecule has 0 fully saturated rings. The maximum Gasteiger partial charge on any atom is 0.573 e. The zero-order valence-electron chi connectivity index (χ0n) is 8.55. The van der Waals surface area contributed by atoms with E-state index in [9.17, 15) is 18.0 Å². The van der Waals surface area contributed by atoms with E-state index >= 15 is 0 Å². The second kappa shape index (κ2) is 5.35. The van der Waals surface area contributed by atoms with Crippen LogP contribution in [0.25, 0.3) is 0 Å².